The van der Waals surface area contributed by atoms with Gasteiger partial charge in [-0.15, -0.1) is 11.3 Å². The van der Waals surface area contributed by atoms with Crippen LogP contribution in [0.3, 0.4) is 0 Å². The average Bonchev–Trinajstić information content (AvgIpc) is 2.92. The highest BCUT2D eigenvalue weighted by Gasteiger charge is 2.15. The lowest BCUT2D eigenvalue weighted by molar-refractivity contribution is -0.133. The molecule has 4 nitrogen and oxygen atoms in total. The molecule has 0 aliphatic rings. The molecule has 6 heteroatoms. The van der Waals surface area contributed by atoms with Gasteiger partial charge in [0.1, 0.15) is 0 Å². The molecule has 0 spiro atoms. The lowest BCUT2D eigenvalue weighted by Gasteiger charge is -2.12. The lowest BCUT2D eigenvalue weighted by Crippen LogP contribution is -2.07. The van der Waals surface area contributed by atoms with Gasteiger partial charge in [0.05, 0.1) is 12.3 Å². The maximum atomic E-state index is 10.8. The van der Waals surface area contributed by atoms with Crippen molar-refractivity contribution in [2.24, 2.45) is 0 Å². The van der Waals surface area contributed by atoms with Gasteiger partial charge < -0.3 is 9.67 Å². The molecular formula is C15H20N2O2S2. The molecule has 2 aromatic rings. The number of carbonyl (C=O) groups is 1. The Morgan fingerprint density at radius 1 is 1.48 bits per heavy atom. The SMILES string of the molecule is Cc1cc(Cn2c(C(C)C)cnc2SCC(=O)O)sc1C. The first kappa shape index (κ1) is 16.1. The molecule has 2 aromatic heterocycles. The van der Waals surface area contributed by atoms with Crippen molar-refractivity contribution < 1.29 is 9.90 Å². The van der Waals surface area contributed by atoms with Gasteiger partial charge >= 0.3 is 5.97 Å². The van der Waals surface area contributed by atoms with E-state index >= 15 is 0 Å². The molecular weight excluding hydrogens is 304 g/mol. The molecule has 0 aliphatic heterocycles. The van der Waals surface area contributed by atoms with E-state index in [0.29, 0.717) is 5.92 Å². The standard InChI is InChI=1S/C15H20N2O2S2/c1-9(2)13-6-16-15(20-8-14(18)19)17(13)7-12-5-10(3)11(4)21-12/h5-6,9H,7-8H2,1-4H3,(H,18,19). The smallest absolute Gasteiger partial charge is 0.313 e. The van der Waals surface area contributed by atoms with Crippen molar-refractivity contribution in [2.75, 3.05) is 5.75 Å². The molecule has 0 atom stereocenters. The third-order valence-corrected chi connectivity index (χ3v) is 5.41. The van der Waals surface area contributed by atoms with E-state index in [1.807, 2.05) is 6.20 Å². The van der Waals surface area contributed by atoms with Crippen LogP contribution in [0.25, 0.3) is 0 Å². The molecule has 0 amide bonds. The van der Waals surface area contributed by atoms with E-state index in [9.17, 15) is 4.79 Å². The first-order valence-corrected chi connectivity index (χ1v) is 8.64. The second kappa shape index (κ2) is 6.66. The Labute approximate surface area is 133 Å². The fourth-order valence-corrected chi connectivity index (χ4v) is 3.86. The van der Waals surface area contributed by atoms with Crippen LogP contribution in [0.5, 0.6) is 0 Å². The van der Waals surface area contributed by atoms with Crippen molar-refractivity contribution in [1.82, 2.24) is 9.55 Å². The van der Waals surface area contributed by atoms with Gasteiger partial charge in [-0.1, -0.05) is 25.6 Å². The Hall–Kier alpha value is -1.27. The zero-order chi connectivity index (χ0) is 15.6. The summed E-state index contributed by atoms with van der Waals surface area (Å²) in [6.45, 7) is 9.26. The summed E-state index contributed by atoms with van der Waals surface area (Å²) in [6.07, 6.45) is 1.86. The summed E-state index contributed by atoms with van der Waals surface area (Å²) in [5.41, 5.74) is 2.45. The summed E-state index contributed by atoms with van der Waals surface area (Å²) in [5, 5.41) is 9.64. The molecule has 21 heavy (non-hydrogen) atoms. The van der Waals surface area contributed by atoms with E-state index in [4.69, 9.17) is 5.11 Å². The highest BCUT2D eigenvalue weighted by atomic mass is 32.2. The van der Waals surface area contributed by atoms with Crippen LogP contribution in [-0.2, 0) is 11.3 Å². The van der Waals surface area contributed by atoms with Crippen LogP contribution in [0.2, 0.25) is 0 Å². The topological polar surface area (TPSA) is 55.1 Å². The van der Waals surface area contributed by atoms with Gasteiger partial charge in [0.25, 0.3) is 0 Å². The Balaban J connectivity index is 2.29. The molecule has 0 radical (unpaired) electrons. The zero-order valence-corrected chi connectivity index (χ0v) is 14.3. The molecule has 0 aliphatic carbocycles. The van der Waals surface area contributed by atoms with E-state index in [1.165, 1.54) is 27.1 Å². The zero-order valence-electron chi connectivity index (χ0n) is 12.7. The number of hydrogen-bond acceptors (Lipinski definition) is 4. The first-order valence-electron chi connectivity index (χ1n) is 6.84. The van der Waals surface area contributed by atoms with Crippen LogP contribution < -0.4 is 0 Å². The van der Waals surface area contributed by atoms with Crippen molar-refractivity contribution in [3.8, 4) is 0 Å². The van der Waals surface area contributed by atoms with Gasteiger partial charge in [-0.3, -0.25) is 4.79 Å². The molecule has 2 heterocycles. The van der Waals surface area contributed by atoms with E-state index in [2.05, 4.69) is 43.3 Å². The highest BCUT2D eigenvalue weighted by Crippen LogP contribution is 2.27. The number of imidazole rings is 1. The summed E-state index contributed by atoms with van der Waals surface area (Å²) in [6, 6.07) is 2.20. The number of hydrogen-bond donors (Lipinski definition) is 1. The van der Waals surface area contributed by atoms with Gasteiger partial charge in [-0.2, -0.15) is 0 Å². The molecule has 0 saturated heterocycles. The molecule has 2 rings (SSSR count). The molecule has 114 valence electrons. The Kier molecular flexibility index (Phi) is 5.11. The average molecular weight is 324 g/mol. The van der Waals surface area contributed by atoms with Crippen molar-refractivity contribution in [3.63, 3.8) is 0 Å². The van der Waals surface area contributed by atoms with Gasteiger partial charge in [-0.05, 0) is 31.4 Å². The summed E-state index contributed by atoms with van der Waals surface area (Å²) in [4.78, 5) is 17.8. The monoisotopic (exact) mass is 324 g/mol. The minimum absolute atomic E-state index is 0.0387. The summed E-state index contributed by atoms with van der Waals surface area (Å²) in [7, 11) is 0. The van der Waals surface area contributed by atoms with E-state index in [0.717, 1.165) is 17.4 Å². The second-order valence-corrected chi connectivity index (χ2v) is 7.62. The highest BCUT2D eigenvalue weighted by molar-refractivity contribution is 7.99. The molecule has 0 unspecified atom stereocenters. The number of carboxylic acids is 1. The summed E-state index contributed by atoms with van der Waals surface area (Å²) >= 11 is 3.07. The molecule has 0 fully saturated rings. The number of rotatable bonds is 6. The third-order valence-electron chi connectivity index (χ3n) is 3.30. The Bertz CT molecular complexity index is 625. The van der Waals surface area contributed by atoms with Gasteiger partial charge in [0, 0.05) is 21.6 Å². The van der Waals surface area contributed by atoms with Gasteiger partial charge in [0.2, 0.25) is 0 Å². The van der Waals surface area contributed by atoms with Crippen LogP contribution in [-0.4, -0.2) is 26.4 Å². The number of nitrogens with zero attached hydrogens (tertiary/aromatic N) is 2. The quantitative estimate of drug-likeness (QED) is 0.819. The first-order chi connectivity index (χ1) is 9.88. The number of aromatic nitrogens is 2. The third kappa shape index (κ3) is 3.89. The normalized spacial score (nSPS) is 11.3. The largest absolute Gasteiger partial charge is 0.481 e. The summed E-state index contributed by atoms with van der Waals surface area (Å²) < 4.78 is 2.14. The van der Waals surface area contributed by atoms with Gasteiger partial charge in [0.15, 0.2) is 5.16 Å². The number of thioether (sulfide) groups is 1. The Morgan fingerprint density at radius 3 is 2.71 bits per heavy atom. The van der Waals surface area contributed by atoms with Crippen LogP contribution >= 0.6 is 23.1 Å². The number of carboxylic acid groups (broad SMARTS) is 1. The predicted molar refractivity (Wildman–Crippen MR) is 87.6 cm³/mol. The lowest BCUT2D eigenvalue weighted by atomic mass is 10.1. The second-order valence-electron chi connectivity index (χ2n) is 5.34. The fourth-order valence-electron chi connectivity index (χ4n) is 2.12. The van der Waals surface area contributed by atoms with Crippen molar-refractivity contribution in [2.45, 2.75) is 45.3 Å². The maximum Gasteiger partial charge on any atom is 0.313 e. The molecule has 1 N–H and O–H groups in total. The van der Waals surface area contributed by atoms with Crippen LogP contribution in [0.15, 0.2) is 17.4 Å². The van der Waals surface area contributed by atoms with Crippen molar-refractivity contribution in [3.05, 3.63) is 33.3 Å². The predicted octanol–water partition coefficient (Wildman–Crippen LogP) is 3.91. The maximum absolute atomic E-state index is 10.8. The minimum atomic E-state index is -0.816. The number of aryl methyl sites for hydroxylation is 2. The molecule has 0 aromatic carbocycles. The van der Waals surface area contributed by atoms with E-state index in [-0.39, 0.29) is 5.75 Å². The van der Waals surface area contributed by atoms with Crippen LogP contribution in [0, 0.1) is 13.8 Å². The summed E-state index contributed by atoms with van der Waals surface area (Å²) in [5.74, 6) is -0.417. The molecule has 0 bridgehead atoms. The number of thiophene rings is 1. The molecule has 0 saturated carbocycles. The van der Waals surface area contributed by atoms with E-state index < -0.39 is 5.97 Å². The number of aliphatic carboxylic acids is 1. The van der Waals surface area contributed by atoms with E-state index in [1.54, 1.807) is 11.3 Å². The van der Waals surface area contributed by atoms with Crippen molar-refractivity contribution >= 4 is 29.1 Å². The van der Waals surface area contributed by atoms with Crippen LogP contribution in [0.4, 0.5) is 0 Å². The minimum Gasteiger partial charge on any atom is -0.481 e. The van der Waals surface area contributed by atoms with Crippen LogP contribution in [0.1, 0.15) is 40.8 Å². The fraction of sp³-hybridized carbons (Fsp3) is 0.467. The Morgan fingerprint density at radius 2 is 2.19 bits per heavy atom. The van der Waals surface area contributed by atoms with Gasteiger partial charge in [-0.25, -0.2) is 4.98 Å². The van der Waals surface area contributed by atoms with Crippen molar-refractivity contribution in [1.29, 1.82) is 0 Å².